The molecular weight excluding hydrogens is 373 g/mol. The highest BCUT2D eigenvalue weighted by atomic mass is 79.9. The summed E-state index contributed by atoms with van der Waals surface area (Å²) in [5.41, 5.74) is 3.42. The van der Waals surface area contributed by atoms with E-state index in [-0.39, 0.29) is 5.82 Å². The van der Waals surface area contributed by atoms with Crippen LogP contribution in [0.1, 0.15) is 18.1 Å². The Bertz CT molecular complexity index is 584. The van der Waals surface area contributed by atoms with Crippen LogP contribution in [-0.4, -0.2) is 0 Å². The monoisotopic (exact) mass is 385 g/mol. The maximum Gasteiger partial charge on any atom is 0.137 e. The lowest BCUT2D eigenvalue weighted by atomic mass is 10.1. The number of hydrogen-bond acceptors (Lipinski definition) is 1. The zero-order valence-corrected chi connectivity index (χ0v) is 13.7. The molecular formula is C15H14Br2FN. The molecule has 0 saturated carbocycles. The zero-order valence-electron chi connectivity index (χ0n) is 10.5. The molecule has 1 nitrogen and oxygen atoms in total. The van der Waals surface area contributed by atoms with Gasteiger partial charge in [0.2, 0.25) is 0 Å². The largest absolute Gasteiger partial charge is 0.381 e. The molecule has 0 bridgehead atoms. The minimum absolute atomic E-state index is 0.235. The number of nitrogens with one attached hydrogen (secondary N) is 1. The summed E-state index contributed by atoms with van der Waals surface area (Å²) in [7, 11) is 0. The molecule has 0 atom stereocenters. The van der Waals surface area contributed by atoms with Crippen LogP contribution in [0.4, 0.5) is 10.1 Å². The van der Waals surface area contributed by atoms with Gasteiger partial charge in [-0.05, 0) is 63.8 Å². The second-order valence-electron chi connectivity index (χ2n) is 4.26. The maximum atomic E-state index is 13.2. The van der Waals surface area contributed by atoms with E-state index in [1.54, 1.807) is 12.1 Å². The highest BCUT2D eigenvalue weighted by Gasteiger charge is 2.03. The smallest absolute Gasteiger partial charge is 0.137 e. The predicted octanol–water partition coefficient (Wildman–Crippen LogP) is 5.53. The van der Waals surface area contributed by atoms with E-state index in [2.05, 4.69) is 56.2 Å². The molecule has 0 spiro atoms. The molecule has 0 fully saturated rings. The molecule has 0 aliphatic carbocycles. The molecule has 0 aliphatic rings. The van der Waals surface area contributed by atoms with E-state index in [4.69, 9.17) is 0 Å². The van der Waals surface area contributed by atoms with E-state index in [0.29, 0.717) is 11.0 Å². The van der Waals surface area contributed by atoms with E-state index in [9.17, 15) is 4.39 Å². The Balaban J connectivity index is 2.12. The van der Waals surface area contributed by atoms with Gasteiger partial charge in [0, 0.05) is 16.7 Å². The van der Waals surface area contributed by atoms with Crippen LogP contribution in [0.25, 0.3) is 0 Å². The van der Waals surface area contributed by atoms with Crippen LogP contribution in [0.3, 0.4) is 0 Å². The Morgan fingerprint density at radius 3 is 2.58 bits per heavy atom. The summed E-state index contributed by atoms with van der Waals surface area (Å²) in [6.07, 6.45) is 0.967. The Morgan fingerprint density at radius 1 is 1.11 bits per heavy atom. The van der Waals surface area contributed by atoms with Crippen molar-refractivity contribution in [3.8, 4) is 0 Å². The number of halogens is 3. The van der Waals surface area contributed by atoms with Crippen LogP contribution < -0.4 is 5.32 Å². The summed E-state index contributed by atoms with van der Waals surface area (Å²) in [5.74, 6) is -0.235. The van der Waals surface area contributed by atoms with Gasteiger partial charge in [0.05, 0.1) is 4.47 Å². The van der Waals surface area contributed by atoms with Crippen LogP contribution in [0, 0.1) is 5.82 Å². The van der Waals surface area contributed by atoms with Gasteiger partial charge in [-0.3, -0.25) is 0 Å². The Kier molecular flexibility index (Phi) is 4.99. The standard InChI is InChI=1S/C15H14Br2FN/c1-2-11-8-12(16)4-6-15(11)19-9-10-3-5-14(18)13(17)7-10/h3-8,19H,2,9H2,1H3. The molecule has 0 amide bonds. The fourth-order valence-corrected chi connectivity index (χ4v) is 2.71. The van der Waals surface area contributed by atoms with Crippen molar-refractivity contribution in [1.29, 1.82) is 0 Å². The molecule has 4 heteroatoms. The van der Waals surface area contributed by atoms with Gasteiger partial charge in [0.15, 0.2) is 0 Å². The lowest BCUT2D eigenvalue weighted by Crippen LogP contribution is -2.02. The van der Waals surface area contributed by atoms with E-state index in [1.807, 2.05) is 6.07 Å². The molecule has 1 N–H and O–H groups in total. The number of aryl methyl sites for hydroxylation is 1. The number of rotatable bonds is 4. The molecule has 0 aromatic heterocycles. The highest BCUT2D eigenvalue weighted by molar-refractivity contribution is 9.10. The van der Waals surface area contributed by atoms with Gasteiger partial charge in [-0.2, -0.15) is 0 Å². The van der Waals surface area contributed by atoms with Gasteiger partial charge in [-0.25, -0.2) is 4.39 Å². The van der Waals surface area contributed by atoms with Crippen molar-refractivity contribution in [1.82, 2.24) is 0 Å². The highest BCUT2D eigenvalue weighted by Crippen LogP contribution is 2.23. The summed E-state index contributed by atoms with van der Waals surface area (Å²) in [6, 6.07) is 11.3. The Labute approximate surface area is 129 Å². The van der Waals surface area contributed by atoms with Crippen LogP contribution in [-0.2, 0) is 13.0 Å². The predicted molar refractivity (Wildman–Crippen MR) is 84.9 cm³/mol. The number of hydrogen-bond donors (Lipinski definition) is 1. The maximum absolute atomic E-state index is 13.2. The second-order valence-corrected chi connectivity index (χ2v) is 6.03. The van der Waals surface area contributed by atoms with Crippen molar-refractivity contribution >= 4 is 37.5 Å². The van der Waals surface area contributed by atoms with Crippen LogP contribution in [0.5, 0.6) is 0 Å². The Morgan fingerprint density at radius 2 is 1.89 bits per heavy atom. The van der Waals surface area contributed by atoms with Crippen LogP contribution >= 0.6 is 31.9 Å². The van der Waals surface area contributed by atoms with Crippen molar-refractivity contribution in [2.75, 3.05) is 5.32 Å². The van der Waals surface area contributed by atoms with Gasteiger partial charge in [0.25, 0.3) is 0 Å². The third-order valence-electron chi connectivity index (χ3n) is 2.92. The van der Waals surface area contributed by atoms with Gasteiger partial charge in [-0.15, -0.1) is 0 Å². The first-order valence-corrected chi connectivity index (χ1v) is 7.65. The lowest BCUT2D eigenvalue weighted by molar-refractivity contribution is 0.620. The fourth-order valence-electron chi connectivity index (χ4n) is 1.87. The summed E-state index contributed by atoms with van der Waals surface area (Å²) >= 11 is 6.68. The van der Waals surface area contributed by atoms with Crippen molar-refractivity contribution < 1.29 is 4.39 Å². The minimum atomic E-state index is -0.235. The molecule has 0 radical (unpaired) electrons. The molecule has 0 saturated heterocycles. The van der Waals surface area contributed by atoms with Crippen molar-refractivity contribution in [3.05, 3.63) is 62.3 Å². The van der Waals surface area contributed by atoms with E-state index >= 15 is 0 Å². The third-order valence-corrected chi connectivity index (χ3v) is 4.02. The fraction of sp³-hybridized carbons (Fsp3) is 0.200. The van der Waals surface area contributed by atoms with Gasteiger partial charge in [0.1, 0.15) is 5.82 Å². The topological polar surface area (TPSA) is 12.0 Å². The van der Waals surface area contributed by atoms with Gasteiger partial charge >= 0.3 is 0 Å². The Hall–Kier alpha value is -0.870. The van der Waals surface area contributed by atoms with E-state index in [1.165, 1.54) is 11.6 Å². The van der Waals surface area contributed by atoms with E-state index in [0.717, 1.165) is 22.1 Å². The average Bonchev–Trinajstić information content (AvgIpc) is 2.41. The first-order valence-electron chi connectivity index (χ1n) is 6.06. The van der Waals surface area contributed by atoms with Crippen molar-refractivity contribution in [3.63, 3.8) is 0 Å². The van der Waals surface area contributed by atoms with Crippen molar-refractivity contribution in [2.24, 2.45) is 0 Å². The molecule has 2 aromatic rings. The summed E-state index contributed by atoms with van der Waals surface area (Å²) in [4.78, 5) is 0. The summed E-state index contributed by atoms with van der Waals surface area (Å²) < 4.78 is 14.7. The second kappa shape index (κ2) is 6.53. The molecule has 19 heavy (non-hydrogen) atoms. The summed E-state index contributed by atoms with van der Waals surface area (Å²) in [6.45, 7) is 2.80. The SMILES string of the molecule is CCc1cc(Br)ccc1NCc1ccc(F)c(Br)c1. The van der Waals surface area contributed by atoms with Gasteiger partial charge in [-0.1, -0.05) is 28.9 Å². The molecule has 0 heterocycles. The van der Waals surface area contributed by atoms with Crippen LogP contribution in [0.2, 0.25) is 0 Å². The zero-order chi connectivity index (χ0) is 13.8. The normalized spacial score (nSPS) is 10.5. The minimum Gasteiger partial charge on any atom is -0.381 e. The average molecular weight is 387 g/mol. The third kappa shape index (κ3) is 3.80. The lowest BCUT2D eigenvalue weighted by Gasteiger charge is -2.12. The molecule has 0 unspecified atom stereocenters. The quantitative estimate of drug-likeness (QED) is 0.728. The summed E-state index contributed by atoms with van der Waals surface area (Å²) in [5, 5.41) is 3.39. The first kappa shape index (κ1) is 14.5. The first-order chi connectivity index (χ1) is 9.10. The molecule has 100 valence electrons. The number of benzene rings is 2. The van der Waals surface area contributed by atoms with Gasteiger partial charge < -0.3 is 5.32 Å². The number of anilines is 1. The van der Waals surface area contributed by atoms with Crippen LogP contribution in [0.15, 0.2) is 45.3 Å². The van der Waals surface area contributed by atoms with Crippen molar-refractivity contribution in [2.45, 2.75) is 19.9 Å². The molecule has 2 rings (SSSR count). The molecule has 0 aliphatic heterocycles. The molecule has 2 aromatic carbocycles. The van der Waals surface area contributed by atoms with E-state index < -0.39 is 0 Å².